The van der Waals surface area contributed by atoms with Crippen LogP contribution in [-0.4, -0.2) is 67.1 Å². The smallest absolute Gasteiger partial charge is 0.191 e. The summed E-state index contributed by atoms with van der Waals surface area (Å²) < 4.78 is 0. The molecule has 0 amide bonds. The summed E-state index contributed by atoms with van der Waals surface area (Å²) in [5.74, 6) is 0.862. The van der Waals surface area contributed by atoms with Gasteiger partial charge in [-0.25, -0.2) is 9.98 Å². The van der Waals surface area contributed by atoms with Crippen LogP contribution in [0.5, 0.6) is 0 Å². The van der Waals surface area contributed by atoms with Gasteiger partial charge in [-0.2, -0.15) is 0 Å². The molecule has 2 heterocycles. The normalized spacial score (nSPS) is 16.2. The number of piperazine rings is 1. The molecule has 0 spiro atoms. The maximum absolute atomic E-state index is 4.73. The van der Waals surface area contributed by atoms with Gasteiger partial charge in [0.2, 0.25) is 0 Å². The number of benzene rings is 1. The van der Waals surface area contributed by atoms with Gasteiger partial charge in [-0.05, 0) is 32.0 Å². The molecule has 2 N–H and O–H groups in total. The van der Waals surface area contributed by atoms with Crippen molar-refractivity contribution in [3.05, 3.63) is 51.5 Å². The Labute approximate surface area is 179 Å². The molecule has 1 aromatic heterocycles. The first-order chi connectivity index (χ1) is 14.1. The number of hydrogen-bond acceptors (Lipinski definition) is 5. The Morgan fingerprint density at radius 2 is 1.83 bits per heavy atom. The summed E-state index contributed by atoms with van der Waals surface area (Å²) in [6.07, 6.45) is 0.912. The molecule has 1 aliphatic rings. The Bertz CT molecular complexity index is 762. The van der Waals surface area contributed by atoms with Gasteiger partial charge in [0.25, 0.3) is 0 Å². The second kappa shape index (κ2) is 11.3. The second-order valence-electron chi connectivity index (χ2n) is 7.63. The number of rotatable bonds is 8. The number of nitrogens with one attached hydrogen (secondary N) is 2. The van der Waals surface area contributed by atoms with E-state index in [-0.39, 0.29) is 0 Å². The van der Waals surface area contributed by atoms with E-state index in [9.17, 15) is 0 Å². The minimum atomic E-state index is 0.680. The number of nitrogens with zero attached hydrogens (tertiary/aromatic N) is 4. The number of guanidine groups is 1. The molecule has 1 aromatic carbocycles. The summed E-state index contributed by atoms with van der Waals surface area (Å²) in [6.45, 7) is 12.2. The van der Waals surface area contributed by atoms with Gasteiger partial charge in [-0.15, -0.1) is 11.3 Å². The predicted octanol–water partition coefficient (Wildman–Crippen LogP) is 2.50. The van der Waals surface area contributed by atoms with Gasteiger partial charge in [0.05, 0.1) is 17.2 Å². The topological polar surface area (TPSA) is 55.8 Å². The highest BCUT2D eigenvalue weighted by Crippen LogP contribution is 2.11. The van der Waals surface area contributed by atoms with Crippen LogP contribution in [0.15, 0.2) is 34.6 Å². The molecule has 0 atom stereocenters. The fourth-order valence-corrected chi connectivity index (χ4v) is 4.01. The van der Waals surface area contributed by atoms with E-state index in [4.69, 9.17) is 4.99 Å². The predicted molar refractivity (Wildman–Crippen MR) is 123 cm³/mol. The third kappa shape index (κ3) is 7.42. The molecular weight excluding hydrogens is 380 g/mol. The minimum absolute atomic E-state index is 0.680. The van der Waals surface area contributed by atoms with Gasteiger partial charge in [0.15, 0.2) is 5.96 Å². The van der Waals surface area contributed by atoms with E-state index in [1.807, 2.05) is 6.92 Å². The highest BCUT2D eigenvalue weighted by molar-refractivity contribution is 7.09. The van der Waals surface area contributed by atoms with Crippen molar-refractivity contribution in [2.24, 2.45) is 4.99 Å². The summed E-state index contributed by atoms with van der Waals surface area (Å²) in [5, 5.41) is 9.99. The molecule has 0 bridgehead atoms. The fraction of sp³-hybridized carbons (Fsp3) is 0.545. The highest BCUT2D eigenvalue weighted by Gasteiger charge is 2.13. The average molecular weight is 415 g/mol. The lowest BCUT2D eigenvalue weighted by Gasteiger charge is -2.32. The molecule has 6 nitrogen and oxygen atoms in total. The van der Waals surface area contributed by atoms with Crippen molar-refractivity contribution >= 4 is 17.3 Å². The quantitative estimate of drug-likeness (QED) is 0.513. The number of aliphatic imine (C=N–C) groups is 1. The third-order valence-corrected chi connectivity index (χ3v) is 5.95. The van der Waals surface area contributed by atoms with Crippen LogP contribution in [0.4, 0.5) is 0 Å². The SMILES string of the molecule is CCNC(=NCc1ccc(CN2CCN(C)CC2)cc1)NCCc1csc(C)n1. The Morgan fingerprint density at radius 1 is 1.10 bits per heavy atom. The van der Waals surface area contributed by atoms with Crippen molar-refractivity contribution in [1.82, 2.24) is 25.4 Å². The maximum Gasteiger partial charge on any atom is 0.191 e. The van der Waals surface area contributed by atoms with Gasteiger partial charge in [-0.1, -0.05) is 24.3 Å². The Balaban J connectivity index is 1.46. The zero-order valence-electron chi connectivity index (χ0n) is 17.9. The largest absolute Gasteiger partial charge is 0.357 e. The van der Waals surface area contributed by atoms with Crippen LogP contribution in [0.3, 0.4) is 0 Å². The van der Waals surface area contributed by atoms with Crippen molar-refractivity contribution in [2.45, 2.75) is 33.4 Å². The molecule has 1 aliphatic heterocycles. The first kappa shape index (κ1) is 21.7. The van der Waals surface area contributed by atoms with Crippen molar-refractivity contribution < 1.29 is 0 Å². The van der Waals surface area contributed by atoms with Crippen LogP contribution >= 0.6 is 11.3 Å². The molecule has 2 aromatic rings. The minimum Gasteiger partial charge on any atom is -0.357 e. The van der Waals surface area contributed by atoms with E-state index in [2.05, 4.69) is 69.0 Å². The number of thiazole rings is 1. The summed E-state index contributed by atoms with van der Waals surface area (Å²) in [5.41, 5.74) is 3.76. The summed E-state index contributed by atoms with van der Waals surface area (Å²) in [4.78, 5) is 14.2. The van der Waals surface area contributed by atoms with Crippen LogP contribution in [0.25, 0.3) is 0 Å². The molecule has 0 unspecified atom stereocenters. The van der Waals surface area contributed by atoms with Crippen molar-refractivity contribution in [3.8, 4) is 0 Å². The molecule has 158 valence electrons. The molecule has 1 fully saturated rings. The lowest BCUT2D eigenvalue weighted by atomic mass is 10.1. The van der Waals surface area contributed by atoms with Crippen LogP contribution in [0, 0.1) is 6.92 Å². The average Bonchev–Trinajstić information content (AvgIpc) is 3.14. The zero-order chi connectivity index (χ0) is 20.5. The summed E-state index contributed by atoms with van der Waals surface area (Å²) >= 11 is 1.70. The first-order valence-electron chi connectivity index (χ1n) is 10.5. The number of aromatic nitrogens is 1. The first-order valence-corrected chi connectivity index (χ1v) is 11.4. The molecule has 0 saturated carbocycles. The van der Waals surface area contributed by atoms with E-state index in [0.717, 1.165) is 68.9 Å². The van der Waals surface area contributed by atoms with Crippen LogP contribution in [-0.2, 0) is 19.5 Å². The summed E-state index contributed by atoms with van der Waals surface area (Å²) in [7, 11) is 2.20. The number of hydrogen-bond donors (Lipinski definition) is 2. The molecule has 7 heteroatoms. The number of likely N-dealkylation sites (N-methyl/N-ethyl adjacent to an activating group) is 1. The summed E-state index contributed by atoms with van der Waals surface area (Å²) in [6, 6.07) is 8.90. The lowest BCUT2D eigenvalue weighted by molar-refractivity contribution is 0.148. The fourth-order valence-electron chi connectivity index (χ4n) is 3.36. The van der Waals surface area contributed by atoms with Crippen LogP contribution < -0.4 is 10.6 Å². The van der Waals surface area contributed by atoms with Gasteiger partial charge < -0.3 is 15.5 Å². The molecule has 29 heavy (non-hydrogen) atoms. The third-order valence-electron chi connectivity index (χ3n) is 5.13. The van der Waals surface area contributed by atoms with Gasteiger partial charge >= 0.3 is 0 Å². The van der Waals surface area contributed by atoms with E-state index >= 15 is 0 Å². The van der Waals surface area contributed by atoms with Crippen molar-refractivity contribution in [2.75, 3.05) is 46.3 Å². The molecule has 0 aliphatic carbocycles. The van der Waals surface area contributed by atoms with Gasteiger partial charge in [0.1, 0.15) is 0 Å². The standard InChI is InChI=1S/C22H34N6S/c1-4-23-22(24-10-9-21-17-29-18(2)26-21)25-15-19-5-7-20(8-6-19)16-28-13-11-27(3)12-14-28/h5-8,17H,4,9-16H2,1-3H3,(H2,23,24,25). The highest BCUT2D eigenvalue weighted by atomic mass is 32.1. The molecule has 3 rings (SSSR count). The molecule has 1 saturated heterocycles. The lowest BCUT2D eigenvalue weighted by Crippen LogP contribution is -2.43. The van der Waals surface area contributed by atoms with E-state index in [0.29, 0.717) is 6.54 Å². The van der Waals surface area contributed by atoms with E-state index < -0.39 is 0 Å². The van der Waals surface area contributed by atoms with Gasteiger partial charge in [-0.3, -0.25) is 4.90 Å². The van der Waals surface area contributed by atoms with E-state index in [1.165, 1.54) is 11.1 Å². The Hall–Kier alpha value is -1.96. The second-order valence-corrected chi connectivity index (χ2v) is 8.69. The van der Waals surface area contributed by atoms with Crippen molar-refractivity contribution in [3.63, 3.8) is 0 Å². The van der Waals surface area contributed by atoms with Crippen LogP contribution in [0.2, 0.25) is 0 Å². The van der Waals surface area contributed by atoms with Crippen molar-refractivity contribution in [1.29, 1.82) is 0 Å². The van der Waals surface area contributed by atoms with E-state index in [1.54, 1.807) is 11.3 Å². The Morgan fingerprint density at radius 3 is 2.48 bits per heavy atom. The monoisotopic (exact) mass is 414 g/mol. The Kier molecular flexibility index (Phi) is 8.46. The maximum atomic E-state index is 4.73. The van der Waals surface area contributed by atoms with Crippen LogP contribution in [0.1, 0.15) is 28.8 Å². The number of aryl methyl sites for hydroxylation is 1. The molecular formula is C22H34N6S. The zero-order valence-corrected chi connectivity index (χ0v) is 18.8. The molecule has 0 radical (unpaired) electrons. The van der Waals surface area contributed by atoms with Gasteiger partial charge in [0, 0.05) is 57.6 Å².